The molecule has 4 heteroatoms. The molecule has 1 heterocycles. The third-order valence-electron chi connectivity index (χ3n) is 3.22. The Hall–Kier alpha value is -0.870. The third kappa shape index (κ3) is 2.06. The van der Waals surface area contributed by atoms with E-state index in [-0.39, 0.29) is 18.7 Å². The van der Waals surface area contributed by atoms with Crippen molar-refractivity contribution in [3.8, 4) is 0 Å². The molecule has 0 saturated heterocycles. The van der Waals surface area contributed by atoms with Crippen LogP contribution in [0.4, 0.5) is 0 Å². The van der Waals surface area contributed by atoms with E-state index in [1.807, 2.05) is 10.8 Å². The van der Waals surface area contributed by atoms with Crippen LogP contribution < -0.4 is 5.73 Å². The molecule has 1 aromatic heterocycles. The maximum atomic E-state index is 9.44. The molecule has 2 atom stereocenters. The summed E-state index contributed by atoms with van der Waals surface area (Å²) in [6, 6.07) is 0.0597. The molecule has 1 fully saturated rings. The Labute approximate surface area is 90.1 Å². The number of nitrogens with two attached hydrogens (primary N) is 1. The van der Waals surface area contributed by atoms with Gasteiger partial charge in [0.15, 0.2) is 0 Å². The molecule has 0 amide bonds. The smallest absolute Gasteiger partial charge is 0.108 e. The molecular formula is C11H19N3O. The molecule has 2 unspecified atom stereocenters. The minimum absolute atomic E-state index is 0.00468. The SMILES string of the molecule is CCc1nccn1C(CO)C(N)C1CC1. The molecule has 0 spiro atoms. The van der Waals surface area contributed by atoms with Crippen LogP contribution in [0, 0.1) is 5.92 Å². The summed E-state index contributed by atoms with van der Waals surface area (Å²) >= 11 is 0. The van der Waals surface area contributed by atoms with Crippen molar-refractivity contribution < 1.29 is 5.11 Å². The molecule has 1 saturated carbocycles. The Morgan fingerprint density at radius 3 is 2.93 bits per heavy atom. The topological polar surface area (TPSA) is 64.1 Å². The summed E-state index contributed by atoms with van der Waals surface area (Å²) < 4.78 is 2.03. The van der Waals surface area contributed by atoms with Crippen LogP contribution in [0.15, 0.2) is 12.4 Å². The standard InChI is InChI=1S/C11H19N3O/c1-2-10-13-5-6-14(10)9(7-15)11(12)8-3-4-8/h5-6,8-9,11,15H,2-4,7,12H2,1H3. The lowest BCUT2D eigenvalue weighted by Gasteiger charge is -2.24. The molecule has 0 aliphatic heterocycles. The number of imidazole rings is 1. The van der Waals surface area contributed by atoms with Gasteiger partial charge in [0, 0.05) is 24.9 Å². The van der Waals surface area contributed by atoms with Gasteiger partial charge < -0.3 is 15.4 Å². The van der Waals surface area contributed by atoms with E-state index in [1.165, 1.54) is 12.8 Å². The average molecular weight is 209 g/mol. The third-order valence-corrected chi connectivity index (χ3v) is 3.22. The van der Waals surface area contributed by atoms with Crippen molar-refractivity contribution in [2.24, 2.45) is 11.7 Å². The van der Waals surface area contributed by atoms with Gasteiger partial charge >= 0.3 is 0 Å². The number of nitrogens with zero attached hydrogens (tertiary/aromatic N) is 2. The van der Waals surface area contributed by atoms with E-state index in [4.69, 9.17) is 5.73 Å². The number of aliphatic hydroxyl groups excluding tert-OH is 1. The second-order valence-corrected chi connectivity index (χ2v) is 4.27. The number of aryl methyl sites for hydroxylation is 1. The first-order valence-electron chi connectivity index (χ1n) is 5.66. The van der Waals surface area contributed by atoms with Crippen LogP contribution in [-0.4, -0.2) is 27.3 Å². The predicted octanol–water partition coefficient (Wildman–Crippen LogP) is 0.716. The zero-order chi connectivity index (χ0) is 10.8. The molecule has 1 aliphatic carbocycles. The number of aromatic nitrogens is 2. The van der Waals surface area contributed by atoms with Crippen LogP contribution in [0.1, 0.15) is 31.6 Å². The summed E-state index contributed by atoms with van der Waals surface area (Å²) in [7, 11) is 0. The Morgan fingerprint density at radius 1 is 1.67 bits per heavy atom. The van der Waals surface area contributed by atoms with E-state index < -0.39 is 0 Å². The highest BCUT2D eigenvalue weighted by Crippen LogP contribution is 2.36. The monoisotopic (exact) mass is 209 g/mol. The molecule has 0 radical (unpaired) electrons. The molecule has 4 nitrogen and oxygen atoms in total. The van der Waals surface area contributed by atoms with Crippen molar-refractivity contribution in [3.63, 3.8) is 0 Å². The van der Waals surface area contributed by atoms with Crippen LogP contribution in [0.5, 0.6) is 0 Å². The van der Waals surface area contributed by atoms with Crippen LogP contribution in [-0.2, 0) is 6.42 Å². The number of hydrogen-bond donors (Lipinski definition) is 2. The molecule has 3 N–H and O–H groups in total. The Balaban J connectivity index is 2.17. The second kappa shape index (κ2) is 4.33. The van der Waals surface area contributed by atoms with Gasteiger partial charge in [-0.05, 0) is 18.8 Å². The molecular weight excluding hydrogens is 190 g/mol. The fraction of sp³-hybridized carbons (Fsp3) is 0.727. The zero-order valence-corrected chi connectivity index (χ0v) is 9.13. The van der Waals surface area contributed by atoms with Crippen molar-refractivity contribution in [2.75, 3.05) is 6.61 Å². The fourth-order valence-corrected chi connectivity index (χ4v) is 2.11. The van der Waals surface area contributed by atoms with E-state index in [0.29, 0.717) is 5.92 Å². The molecule has 15 heavy (non-hydrogen) atoms. The molecule has 0 aromatic carbocycles. The molecule has 0 bridgehead atoms. The van der Waals surface area contributed by atoms with E-state index in [0.717, 1.165) is 12.2 Å². The van der Waals surface area contributed by atoms with E-state index >= 15 is 0 Å². The van der Waals surface area contributed by atoms with Gasteiger partial charge in [0.25, 0.3) is 0 Å². The van der Waals surface area contributed by atoms with Gasteiger partial charge in [-0.15, -0.1) is 0 Å². The predicted molar refractivity (Wildman–Crippen MR) is 58.4 cm³/mol. The summed E-state index contributed by atoms with van der Waals surface area (Å²) in [6.45, 7) is 2.16. The van der Waals surface area contributed by atoms with Crippen LogP contribution in [0.25, 0.3) is 0 Å². The fourth-order valence-electron chi connectivity index (χ4n) is 2.11. The highest BCUT2D eigenvalue weighted by Gasteiger charge is 2.34. The van der Waals surface area contributed by atoms with Crippen LogP contribution in [0.2, 0.25) is 0 Å². The molecule has 84 valence electrons. The average Bonchev–Trinajstić information content (AvgIpc) is 3.00. The van der Waals surface area contributed by atoms with Gasteiger partial charge in [-0.3, -0.25) is 0 Å². The second-order valence-electron chi connectivity index (χ2n) is 4.27. The summed E-state index contributed by atoms with van der Waals surface area (Å²) in [5.74, 6) is 1.60. The van der Waals surface area contributed by atoms with Gasteiger partial charge in [-0.2, -0.15) is 0 Å². The first-order chi connectivity index (χ1) is 7.27. The van der Waals surface area contributed by atoms with Gasteiger partial charge in [-0.1, -0.05) is 6.92 Å². The maximum absolute atomic E-state index is 9.44. The lowest BCUT2D eigenvalue weighted by Crippen LogP contribution is -2.36. The Morgan fingerprint density at radius 2 is 2.40 bits per heavy atom. The first kappa shape index (κ1) is 10.6. The largest absolute Gasteiger partial charge is 0.394 e. The van der Waals surface area contributed by atoms with E-state index in [1.54, 1.807) is 6.20 Å². The summed E-state index contributed by atoms with van der Waals surface area (Å²) in [5.41, 5.74) is 6.14. The van der Waals surface area contributed by atoms with Gasteiger partial charge in [0.05, 0.1) is 12.6 Å². The van der Waals surface area contributed by atoms with Gasteiger partial charge in [-0.25, -0.2) is 4.98 Å². The normalized spacial score (nSPS) is 20.2. The lowest BCUT2D eigenvalue weighted by molar-refractivity contribution is 0.196. The highest BCUT2D eigenvalue weighted by atomic mass is 16.3. The molecule has 1 aliphatic rings. The minimum Gasteiger partial charge on any atom is -0.394 e. The van der Waals surface area contributed by atoms with Crippen molar-refractivity contribution in [2.45, 2.75) is 38.3 Å². The number of hydrogen-bond acceptors (Lipinski definition) is 3. The summed E-state index contributed by atoms with van der Waals surface area (Å²) in [6.07, 6.45) is 6.98. The highest BCUT2D eigenvalue weighted by molar-refractivity contribution is 5.00. The lowest BCUT2D eigenvalue weighted by atomic mass is 10.0. The summed E-state index contributed by atoms with van der Waals surface area (Å²) in [5, 5.41) is 9.44. The number of rotatable bonds is 5. The van der Waals surface area contributed by atoms with Crippen molar-refractivity contribution in [1.29, 1.82) is 0 Å². The van der Waals surface area contributed by atoms with Gasteiger partial charge in [0.2, 0.25) is 0 Å². The zero-order valence-electron chi connectivity index (χ0n) is 9.13. The molecule has 1 aromatic rings. The van der Waals surface area contributed by atoms with Crippen molar-refractivity contribution >= 4 is 0 Å². The Kier molecular flexibility index (Phi) is 3.07. The summed E-state index contributed by atoms with van der Waals surface area (Å²) in [4.78, 5) is 4.26. The minimum atomic E-state index is -0.00468. The van der Waals surface area contributed by atoms with E-state index in [9.17, 15) is 5.11 Å². The van der Waals surface area contributed by atoms with Crippen molar-refractivity contribution in [3.05, 3.63) is 18.2 Å². The van der Waals surface area contributed by atoms with E-state index in [2.05, 4.69) is 11.9 Å². The van der Waals surface area contributed by atoms with Crippen LogP contribution >= 0.6 is 0 Å². The van der Waals surface area contributed by atoms with Gasteiger partial charge in [0.1, 0.15) is 5.82 Å². The Bertz CT molecular complexity index is 319. The van der Waals surface area contributed by atoms with Crippen molar-refractivity contribution in [1.82, 2.24) is 9.55 Å². The van der Waals surface area contributed by atoms with Crippen LogP contribution in [0.3, 0.4) is 0 Å². The quantitative estimate of drug-likeness (QED) is 0.751. The maximum Gasteiger partial charge on any atom is 0.108 e. The molecule has 2 rings (SSSR count). The number of aliphatic hydroxyl groups is 1. The first-order valence-corrected chi connectivity index (χ1v) is 5.66.